The van der Waals surface area contributed by atoms with Crippen LogP contribution in [0.5, 0.6) is 0 Å². The Hall–Kier alpha value is -0.810. The van der Waals surface area contributed by atoms with Gasteiger partial charge in [-0.1, -0.05) is 43.2 Å². The second-order valence-corrected chi connectivity index (χ2v) is 7.33. The Morgan fingerprint density at radius 2 is 2.00 bits per heavy atom. The average Bonchev–Trinajstić information content (AvgIpc) is 3.01. The van der Waals surface area contributed by atoms with Crippen LogP contribution in [0, 0.1) is 11.3 Å². The number of halogens is 2. The highest BCUT2D eigenvalue weighted by Crippen LogP contribution is 2.43. The predicted octanol–water partition coefficient (Wildman–Crippen LogP) is 3.03. The third kappa shape index (κ3) is 4.68. The van der Waals surface area contributed by atoms with Crippen molar-refractivity contribution >= 4 is 30.7 Å². The first-order chi connectivity index (χ1) is 11.1. The number of amides is 1. The van der Waals surface area contributed by atoms with Gasteiger partial charge in [-0.3, -0.25) is 4.79 Å². The number of nitrogens with zero attached hydrogens (tertiary/aromatic N) is 1. The fraction of sp³-hybridized carbons (Fsp3) is 0.632. The zero-order chi connectivity index (χ0) is 16.3. The van der Waals surface area contributed by atoms with Crippen LogP contribution >= 0.6 is 24.8 Å². The van der Waals surface area contributed by atoms with Crippen LogP contribution in [0.4, 0.5) is 0 Å². The Balaban J connectivity index is 0.00000156. The summed E-state index contributed by atoms with van der Waals surface area (Å²) in [5.74, 6) is 0.778. The standard InChI is InChI=1S/C19H29N3O.2ClH/c1-22(2)17(15-8-4-3-5-9-15)13-21-18(23)19-11-7-6-10-16(19)12-20-14-19;;/h3-5,8-9,16-17,20H,6-7,10-14H2,1-2H3,(H,21,23);2*1H/t16-,17?,19+;;/m0../s1. The van der Waals surface area contributed by atoms with E-state index in [1.54, 1.807) is 0 Å². The molecule has 0 bridgehead atoms. The van der Waals surface area contributed by atoms with Gasteiger partial charge in [-0.2, -0.15) is 0 Å². The molecule has 1 aromatic carbocycles. The molecule has 0 aromatic heterocycles. The highest BCUT2D eigenvalue weighted by atomic mass is 35.5. The van der Waals surface area contributed by atoms with Gasteiger partial charge in [0.15, 0.2) is 0 Å². The van der Waals surface area contributed by atoms with Gasteiger partial charge in [0.2, 0.25) is 5.91 Å². The Labute approximate surface area is 163 Å². The second-order valence-electron chi connectivity index (χ2n) is 7.33. The molecule has 1 aliphatic carbocycles. The van der Waals surface area contributed by atoms with Crippen molar-refractivity contribution in [2.75, 3.05) is 33.7 Å². The average molecular weight is 388 g/mol. The Bertz CT molecular complexity index is 541. The molecular formula is C19H31Cl2N3O. The fourth-order valence-electron chi connectivity index (χ4n) is 4.33. The summed E-state index contributed by atoms with van der Waals surface area (Å²) in [6.45, 7) is 2.52. The molecule has 2 aliphatic rings. The molecule has 1 heterocycles. The number of hydrogen-bond donors (Lipinski definition) is 2. The van der Waals surface area contributed by atoms with Crippen LogP contribution in [0.25, 0.3) is 0 Å². The SMILES string of the molecule is CN(C)C(CNC(=O)[C@@]12CCCC[C@H]1CNC2)c1ccccc1.Cl.Cl. The normalized spacial score (nSPS) is 26.1. The van der Waals surface area contributed by atoms with Gasteiger partial charge in [-0.25, -0.2) is 0 Å². The molecule has 3 rings (SSSR count). The summed E-state index contributed by atoms with van der Waals surface area (Å²) in [5.41, 5.74) is 1.09. The molecule has 1 unspecified atom stereocenters. The van der Waals surface area contributed by atoms with E-state index in [2.05, 4.69) is 53.9 Å². The van der Waals surface area contributed by atoms with Crippen molar-refractivity contribution in [2.45, 2.75) is 31.7 Å². The molecule has 4 nitrogen and oxygen atoms in total. The van der Waals surface area contributed by atoms with Gasteiger partial charge < -0.3 is 15.5 Å². The van der Waals surface area contributed by atoms with E-state index in [1.807, 2.05) is 6.07 Å². The number of likely N-dealkylation sites (N-methyl/N-ethyl adjacent to an activating group) is 1. The lowest BCUT2D eigenvalue weighted by Crippen LogP contribution is -2.49. The molecule has 2 fully saturated rings. The lowest BCUT2D eigenvalue weighted by Gasteiger charge is -2.37. The Kier molecular flexibility index (Phi) is 8.69. The van der Waals surface area contributed by atoms with Crippen LogP contribution in [0.1, 0.15) is 37.3 Å². The smallest absolute Gasteiger partial charge is 0.227 e. The molecule has 1 saturated carbocycles. The number of rotatable bonds is 5. The molecular weight excluding hydrogens is 357 g/mol. The maximum Gasteiger partial charge on any atom is 0.227 e. The Morgan fingerprint density at radius 1 is 1.28 bits per heavy atom. The zero-order valence-corrected chi connectivity index (χ0v) is 16.8. The summed E-state index contributed by atoms with van der Waals surface area (Å²) in [7, 11) is 4.14. The van der Waals surface area contributed by atoms with Crippen molar-refractivity contribution in [2.24, 2.45) is 11.3 Å². The molecule has 1 amide bonds. The Morgan fingerprint density at radius 3 is 2.68 bits per heavy atom. The monoisotopic (exact) mass is 387 g/mol. The molecule has 1 aromatic rings. The van der Waals surface area contributed by atoms with Gasteiger partial charge in [0.1, 0.15) is 0 Å². The van der Waals surface area contributed by atoms with Crippen LogP contribution in [-0.4, -0.2) is 44.5 Å². The van der Waals surface area contributed by atoms with E-state index in [0.29, 0.717) is 12.5 Å². The van der Waals surface area contributed by atoms with Crippen LogP contribution in [-0.2, 0) is 4.79 Å². The fourth-order valence-corrected chi connectivity index (χ4v) is 4.33. The van der Waals surface area contributed by atoms with Gasteiger partial charge in [-0.05, 0) is 45.0 Å². The first-order valence-corrected chi connectivity index (χ1v) is 8.84. The molecule has 6 heteroatoms. The second kappa shape index (κ2) is 9.77. The van der Waals surface area contributed by atoms with E-state index < -0.39 is 0 Å². The van der Waals surface area contributed by atoms with Gasteiger partial charge in [-0.15, -0.1) is 24.8 Å². The topological polar surface area (TPSA) is 44.4 Å². The molecule has 0 radical (unpaired) electrons. The molecule has 2 N–H and O–H groups in total. The third-order valence-corrected chi connectivity index (χ3v) is 5.75. The van der Waals surface area contributed by atoms with Crippen LogP contribution in [0.2, 0.25) is 0 Å². The maximum atomic E-state index is 13.0. The minimum Gasteiger partial charge on any atom is -0.354 e. The van der Waals surface area contributed by atoms with E-state index >= 15 is 0 Å². The van der Waals surface area contributed by atoms with E-state index in [1.165, 1.54) is 24.8 Å². The molecule has 1 aliphatic heterocycles. The van der Waals surface area contributed by atoms with Gasteiger partial charge >= 0.3 is 0 Å². The molecule has 142 valence electrons. The number of benzene rings is 1. The van der Waals surface area contributed by atoms with Crippen molar-refractivity contribution in [1.29, 1.82) is 0 Å². The van der Waals surface area contributed by atoms with E-state index in [0.717, 1.165) is 19.5 Å². The molecule has 0 spiro atoms. The zero-order valence-electron chi connectivity index (χ0n) is 15.2. The van der Waals surface area contributed by atoms with E-state index in [9.17, 15) is 4.79 Å². The number of carbonyl (C=O) groups is 1. The number of carbonyl (C=O) groups excluding carboxylic acids is 1. The summed E-state index contributed by atoms with van der Waals surface area (Å²) in [5, 5.41) is 6.73. The van der Waals surface area contributed by atoms with Crippen LogP contribution < -0.4 is 10.6 Å². The molecule has 1 saturated heterocycles. The van der Waals surface area contributed by atoms with Gasteiger partial charge in [0, 0.05) is 13.1 Å². The minimum absolute atomic E-state index is 0. The van der Waals surface area contributed by atoms with Crippen molar-refractivity contribution in [3.63, 3.8) is 0 Å². The van der Waals surface area contributed by atoms with Crippen molar-refractivity contribution < 1.29 is 4.79 Å². The largest absolute Gasteiger partial charge is 0.354 e. The lowest BCUT2D eigenvalue weighted by atomic mass is 9.67. The predicted molar refractivity (Wildman–Crippen MR) is 108 cm³/mol. The number of fused-ring (bicyclic) bond motifs is 1. The summed E-state index contributed by atoms with van der Waals surface area (Å²) in [4.78, 5) is 15.2. The molecule has 3 atom stereocenters. The van der Waals surface area contributed by atoms with Crippen molar-refractivity contribution in [3.05, 3.63) is 35.9 Å². The minimum atomic E-state index is -0.161. The quantitative estimate of drug-likeness (QED) is 0.815. The number of nitrogens with one attached hydrogen (secondary N) is 2. The summed E-state index contributed by atoms with van der Waals surface area (Å²) < 4.78 is 0. The van der Waals surface area contributed by atoms with Gasteiger partial charge in [0.05, 0.1) is 11.5 Å². The first kappa shape index (κ1) is 22.2. The van der Waals surface area contributed by atoms with Crippen molar-refractivity contribution in [3.8, 4) is 0 Å². The summed E-state index contributed by atoms with van der Waals surface area (Å²) in [6, 6.07) is 10.6. The third-order valence-electron chi connectivity index (χ3n) is 5.75. The number of hydrogen-bond acceptors (Lipinski definition) is 3. The molecule has 25 heavy (non-hydrogen) atoms. The van der Waals surface area contributed by atoms with Crippen LogP contribution in [0.15, 0.2) is 30.3 Å². The lowest BCUT2D eigenvalue weighted by molar-refractivity contribution is -0.134. The maximum absolute atomic E-state index is 13.0. The van der Waals surface area contributed by atoms with Crippen molar-refractivity contribution in [1.82, 2.24) is 15.5 Å². The summed E-state index contributed by atoms with van der Waals surface area (Å²) >= 11 is 0. The van der Waals surface area contributed by atoms with E-state index in [4.69, 9.17) is 0 Å². The van der Waals surface area contributed by atoms with Crippen LogP contribution in [0.3, 0.4) is 0 Å². The van der Waals surface area contributed by atoms with E-state index in [-0.39, 0.29) is 42.2 Å². The highest BCUT2D eigenvalue weighted by Gasteiger charge is 2.49. The van der Waals surface area contributed by atoms with Gasteiger partial charge in [0.25, 0.3) is 0 Å². The first-order valence-electron chi connectivity index (χ1n) is 8.84. The highest BCUT2D eigenvalue weighted by molar-refractivity contribution is 5.85. The summed E-state index contributed by atoms with van der Waals surface area (Å²) in [6.07, 6.45) is 4.68.